The molecule has 0 aliphatic heterocycles. The third-order valence-electron chi connectivity index (χ3n) is 5.57. The highest BCUT2D eigenvalue weighted by atomic mass is 16.4. The predicted molar refractivity (Wildman–Crippen MR) is 133 cm³/mol. The van der Waals surface area contributed by atoms with Crippen LogP contribution in [0.1, 0.15) is 5.69 Å². The minimum Gasteiger partial charge on any atom is -0.423 e. The summed E-state index contributed by atoms with van der Waals surface area (Å²) in [7, 11) is 0. The van der Waals surface area contributed by atoms with Crippen molar-refractivity contribution in [1.82, 2.24) is 30.1 Å². The van der Waals surface area contributed by atoms with Crippen molar-refractivity contribution in [3.05, 3.63) is 103 Å². The van der Waals surface area contributed by atoms with Crippen molar-refractivity contribution in [2.24, 2.45) is 0 Å². The predicted octanol–water partition coefficient (Wildman–Crippen LogP) is 5.42. The summed E-state index contributed by atoms with van der Waals surface area (Å²) in [5.41, 5.74) is 5.32. The van der Waals surface area contributed by atoms with Gasteiger partial charge in [-0.3, -0.25) is 9.97 Å². The molecule has 0 bridgehead atoms. The van der Waals surface area contributed by atoms with Gasteiger partial charge in [0.15, 0.2) is 5.82 Å². The Morgan fingerprint density at radius 1 is 0.800 bits per heavy atom. The van der Waals surface area contributed by atoms with E-state index in [2.05, 4.69) is 43.7 Å². The fourth-order valence-corrected chi connectivity index (χ4v) is 3.95. The van der Waals surface area contributed by atoms with Gasteiger partial charge in [0.05, 0.1) is 28.7 Å². The number of hydrogen-bond acceptors (Lipinski definition) is 8. The maximum Gasteiger partial charge on any atom is 0.249 e. The van der Waals surface area contributed by atoms with Crippen molar-refractivity contribution < 1.29 is 4.42 Å². The van der Waals surface area contributed by atoms with E-state index in [9.17, 15) is 0 Å². The summed E-state index contributed by atoms with van der Waals surface area (Å²) in [6.07, 6.45) is 6.47. The van der Waals surface area contributed by atoms with Crippen LogP contribution in [0, 0.1) is 0 Å². The molecule has 0 radical (unpaired) electrons. The molecule has 1 N–H and O–H groups in total. The molecule has 168 valence electrons. The van der Waals surface area contributed by atoms with E-state index in [0.717, 1.165) is 39.1 Å². The van der Waals surface area contributed by atoms with E-state index in [-0.39, 0.29) is 0 Å². The molecule has 0 amide bonds. The van der Waals surface area contributed by atoms with Crippen molar-refractivity contribution in [3.63, 3.8) is 0 Å². The quantitative estimate of drug-likeness (QED) is 0.354. The number of fused-ring (bicyclic) bond motifs is 1. The molecular weight excluding hydrogens is 438 g/mol. The lowest BCUT2D eigenvalue weighted by Crippen LogP contribution is -2.06. The summed E-state index contributed by atoms with van der Waals surface area (Å²) in [6.45, 7) is 0.524. The fourth-order valence-electron chi connectivity index (χ4n) is 3.95. The van der Waals surface area contributed by atoms with E-state index >= 15 is 0 Å². The lowest BCUT2D eigenvalue weighted by molar-refractivity contribution is 0.568. The van der Waals surface area contributed by atoms with Crippen LogP contribution in [0.5, 0.6) is 0 Å². The van der Waals surface area contributed by atoms with Gasteiger partial charge >= 0.3 is 0 Å². The highest BCUT2D eigenvalue weighted by molar-refractivity contribution is 6.02. The number of nitrogens with one attached hydrogen (secondary N) is 1. The third-order valence-corrected chi connectivity index (χ3v) is 5.57. The van der Waals surface area contributed by atoms with E-state index in [1.165, 1.54) is 6.39 Å². The highest BCUT2D eigenvalue weighted by Gasteiger charge is 2.15. The van der Waals surface area contributed by atoms with Crippen molar-refractivity contribution in [3.8, 4) is 34.0 Å². The number of aromatic nitrogens is 6. The molecule has 2 aromatic carbocycles. The van der Waals surface area contributed by atoms with Crippen molar-refractivity contribution >= 4 is 16.7 Å². The lowest BCUT2D eigenvalue weighted by Gasteiger charge is -2.14. The minimum absolute atomic E-state index is 0.389. The molecule has 0 aliphatic carbocycles. The monoisotopic (exact) mass is 457 g/mol. The number of pyridine rings is 2. The van der Waals surface area contributed by atoms with Gasteiger partial charge in [-0.15, -0.1) is 10.2 Å². The summed E-state index contributed by atoms with van der Waals surface area (Å²) < 4.78 is 5.33. The first-order valence-corrected chi connectivity index (χ1v) is 11.1. The molecule has 0 saturated heterocycles. The molecule has 4 aromatic heterocycles. The van der Waals surface area contributed by atoms with Crippen LogP contribution in [0.3, 0.4) is 0 Å². The smallest absolute Gasteiger partial charge is 0.249 e. The molecule has 8 heteroatoms. The van der Waals surface area contributed by atoms with Crippen LogP contribution in [0.4, 0.5) is 5.82 Å². The molecule has 0 fully saturated rings. The average Bonchev–Trinajstić information content (AvgIpc) is 3.48. The molecular formula is C27H19N7O. The van der Waals surface area contributed by atoms with Crippen LogP contribution in [0.2, 0.25) is 0 Å². The first kappa shape index (κ1) is 20.6. The van der Waals surface area contributed by atoms with E-state index < -0.39 is 0 Å². The molecule has 8 nitrogen and oxygen atoms in total. The fraction of sp³-hybridized carbons (Fsp3) is 0.0370. The van der Waals surface area contributed by atoms with Crippen LogP contribution in [0.25, 0.3) is 44.9 Å². The number of rotatable bonds is 6. The topological polar surface area (TPSA) is 103 Å². The summed E-state index contributed by atoms with van der Waals surface area (Å²) in [5, 5.41) is 12.2. The lowest BCUT2D eigenvalue weighted by atomic mass is 10.0. The van der Waals surface area contributed by atoms with Gasteiger partial charge < -0.3 is 9.73 Å². The zero-order valence-electron chi connectivity index (χ0n) is 18.5. The van der Waals surface area contributed by atoms with Crippen LogP contribution < -0.4 is 5.32 Å². The Morgan fingerprint density at radius 3 is 2.51 bits per heavy atom. The second-order valence-corrected chi connectivity index (χ2v) is 7.84. The van der Waals surface area contributed by atoms with Crippen LogP contribution in [-0.2, 0) is 6.54 Å². The maximum atomic E-state index is 5.33. The first-order valence-electron chi connectivity index (χ1n) is 11.1. The van der Waals surface area contributed by atoms with Gasteiger partial charge in [0.1, 0.15) is 5.82 Å². The SMILES string of the molecule is c1ccc(-c2cccc3nc(-c4cncc(-c5nnco5)c4)nc(NCc4ccccn4)c23)cc1. The van der Waals surface area contributed by atoms with Gasteiger partial charge in [0.2, 0.25) is 12.3 Å². The average molecular weight is 457 g/mol. The molecule has 0 atom stereocenters. The normalized spacial score (nSPS) is 11.0. The molecule has 4 heterocycles. The standard InChI is InChI=1S/C27H19N7O/c1-2-7-18(8-3-1)22-10-6-11-23-24(22)26(30-16-21-9-4-5-12-29-21)33-25(32-23)19-13-20(15-28-14-19)27-34-31-17-35-27/h1-15,17H,16H2,(H,30,32,33). The minimum atomic E-state index is 0.389. The first-order chi connectivity index (χ1) is 17.3. The molecule has 0 aliphatic rings. The summed E-state index contributed by atoms with van der Waals surface area (Å²) in [5.74, 6) is 1.65. The molecule has 0 saturated carbocycles. The van der Waals surface area contributed by atoms with E-state index in [4.69, 9.17) is 14.4 Å². The largest absolute Gasteiger partial charge is 0.423 e. The van der Waals surface area contributed by atoms with Crippen molar-refractivity contribution in [2.75, 3.05) is 5.32 Å². The van der Waals surface area contributed by atoms with Gasteiger partial charge in [0, 0.05) is 24.2 Å². The van der Waals surface area contributed by atoms with E-state index in [1.54, 1.807) is 18.6 Å². The summed E-state index contributed by atoms with van der Waals surface area (Å²) in [6, 6.07) is 24.1. The second-order valence-electron chi connectivity index (χ2n) is 7.84. The zero-order valence-corrected chi connectivity index (χ0v) is 18.5. The van der Waals surface area contributed by atoms with Gasteiger partial charge in [-0.1, -0.05) is 48.5 Å². The number of benzene rings is 2. The number of hydrogen-bond donors (Lipinski definition) is 1. The van der Waals surface area contributed by atoms with Crippen LogP contribution in [-0.4, -0.2) is 30.1 Å². The van der Waals surface area contributed by atoms with Gasteiger partial charge in [-0.25, -0.2) is 9.97 Å². The molecule has 0 unspecified atom stereocenters. The van der Waals surface area contributed by atoms with Crippen molar-refractivity contribution in [2.45, 2.75) is 6.54 Å². The molecule has 0 spiro atoms. The van der Waals surface area contributed by atoms with E-state index in [0.29, 0.717) is 23.8 Å². The third kappa shape index (κ3) is 4.20. The van der Waals surface area contributed by atoms with Crippen LogP contribution >= 0.6 is 0 Å². The van der Waals surface area contributed by atoms with Gasteiger partial charge in [0.25, 0.3) is 0 Å². The Hall–Kier alpha value is -4.98. The Kier molecular flexibility index (Phi) is 5.36. The Bertz CT molecular complexity index is 1590. The second kappa shape index (κ2) is 9.11. The van der Waals surface area contributed by atoms with Gasteiger partial charge in [-0.2, -0.15) is 0 Å². The van der Waals surface area contributed by atoms with Crippen LogP contribution in [0.15, 0.2) is 102 Å². The Balaban J connectivity index is 1.50. The zero-order chi connectivity index (χ0) is 23.5. The Morgan fingerprint density at radius 2 is 1.69 bits per heavy atom. The number of anilines is 1. The van der Waals surface area contributed by atoms with E-state index in [1.807, 2.05) is 54.6 Å². The molecule has 6 rings (SSSR count). The molecule has 35 heavy (non-hydrogen) atoms. The Labute approximate surface area is 200 Å². The van der Waals surface area contributed by atoms with Crippen molar-refractivity contribution in [1.29, 1.82) is 0 Å². The maximum absolute atomic E-state index is 5.33. The number of nitrogens with zero attached hydrogens (tertiary/aromatic N) is 6. The molecule has 6 aromatic rings. The highest BCUT2D eigenvalue weighted by Crippen LogP contribution is 2.34. The summed E-state index contributed by atoms with van der Waals surface area (Å²) >= 11 is 0. The van der Waals surface area contributed by atoms with Gasteiger partial charge in [-0.05, 0) is 35.4 Å². The summed E-state index contributed by atoms with van der Waals surface area (Å²) in [4.78, 5) is 18.6.